The molecule has 5 fully saturated rings. The Labute approximate surface area is 270 Å². The van der Waals surface area contributed by atoms with Crippen LogP contribution in [0.3, 0.4) is 0 Å². The highest BCUT2D eigenvalue weighted by atomic mass is 16.7. The quantitative estimate of drug-likeness (QED) is 0.164. The molecule has 16 atom stereocenters. The zero-order chi connectivity index (χ0) is 33.5. The monoisotopic (exact) mass is 638 g/mol. The van der Waals surface area contributed by atoms with Crippen molar-refractivity contribution in [3.8, 4) is 0 Å². The smallest absolute Gasteiger partial charge is 0.186 e. The van der Waals surface area contributed by atoms with Gasteiger partial charge in [0, 0.05) is 0 Å². The van der Waals surface area contributed by atoms with E-state index in [1.165, 1.54) is 5.57 Å². The number of fused-ring (bicyclic) bond motifs is 5. The standard InChI is InChI=1S/C36H62O9/c1-19(2)10-9-13-36(8,43)20-11-15-34(6)26(20)21(38)16-24-33(5)14-12-25(39)32(3,4)30(33)22(17-35(24,34)7)44-31-29(42)28(41)27(40)23(18-37)45-31/h10,20-31,37-43H,9,11-18H2,1-8H3. The lowest BCUT2D eigenvalue weighted by atomic mass is 9.34. The average Bonchev–Trinajstić information content (AvgIpc) is 3.33. The summed E-state index contributed by atoms with van der Waals surface area (Å²) < 4.78 is 12.6. The third-order valence-corrected chi connectivity index (χ3v) is 14.4. The number of hydrogen-bond donors (Lipinski definition) is 7. The summed E-state index contributed by atoms with van der Waals surface area (Å²) in [6, 6.07) is 0. The van der Waals surface area contributed by atoms with E-state index in [1.807, 2.05) is 6.92 Å². The second kappa shape index (κ2) is 12.1. The van der Waals surface area contributed by atoms with Gasteiger partial charge < -0.3 is 45.2 Å². The molecule has 7 N–H and O–H groups in total. The van der Waals surface area contributed by atoms with E-state index in [0.29, 0.717) is 25.7 Å². The first-order chi connectivity index (χ1) is 20.8. The first kappa shape index (κ1) is 35.7. The van der Waals surface area contributed by atoms with Gasteiger partial charge in [0.15, 0.2) is 6.29 Å². The van der Waals surface area contributed by atoms with E-state index in [-0.39, 0.29) is 39.9 Å². The van der Waals surface area contributed by atoms with Crippen LogP contribution in [0.4, 0.5) is 0 Å². The molecule has 1 aliphatic heterocycles. The topological polar surface area (TPSA) is 160 Å². The Hall–Kier alpha value is -0.620. The number of aliphatic hydroxyl groups excluding tert-OH is 6. The van der Waals surface area contributed by atoms with Crippen molar-refractivity contribution in [1.82, 2.24) is 0 Å². The van der Waals surface area contributed by atoms with Crippen LogP contribution < -0.4 is 0 Å². The zero-order valence-electron chi connectivity index (χ0n) is 28.8. The van der Waals surface area contributed by atoms with E-state index in [2.05, 4.69) is 54.5 Å². The molecule has 1 saturated heterocycles. The fourth-order valence-corrected chi connectivity index (χ4v) is 11.9. The highest BCUT2D eigenvalue weighted by Gasteiger charge is 2.73. The Balaban J connectivity index is 1.54. The van der Waals surface area contributed by atoms with Crippen LogP contribution in [0.2, 0.25) is 0 Å². The molecule has 0 amide bonds. The van der Waals surface area contributed by atoms with E-state index in [4.69, 9.17) is 9.47 Å². The molecule has 1 heterocycles. The molecule has 0 spiro atoms. The second-order valence-electron chi connectivity index (χ2n) is 17.5. The fourth-order valence-electron chi connectivity index (χ4n) is 11.9. The van der Waals surface area contributed by atoms with Crippen molar-refractivity contribution >= 4 is 0 Å². The van der Waals surface area contributed by atoms with Crippen LogP contribution in [0.15, 0.2) is 11.6 Å². The van der Waals surface area contributed by atoms with Gasteiger partial charge >= 0.3 is 0 Å². The summed E-state index contributed by atoms with van der Waals surface area (Å²) in [6.45, 7) is 16.6. The van der Waals surface area contributed by atoms with Gasteiger partial charge in [-0.2, -0.15) is 0 Å². The van der Waals surface area contributed by atoms with Crippen molar-refractivity contribution in [1.29, 1.82) is 0 Å². The van der Waals surface area contributed by atoms with E-state index < -0.39 is 66.6 Å². The van der Waals surface area contributed by atoms with Gasteiger partial charge in [-0.05, 0) is 117 Å². The van der Waals surface area contributed by atoms with Gasteiger partial charge in [0.1, 0.15) is 24.4 Å². The van der Waals surface area contributed by atoms with Gasteiger partial charge in [0.2, 0.25) is 0 Å². The molecule has 4 aliphatic carbocycles. The summed E-state index contributed by atoms with van der Waals surface area (Å²) in [4.78, 5) is 0. The van der Waals surface area contributed by atoms with E-state index >= 15 is 0 Å². The van der Waals surface area contributed by atoms with E-state index in [0.717, 1.165) is 25.7 Å². The Morgan fingerprint density at radius 2 is 1.60 bits per heavy atom. The Kier molecular flexibility index (Phi) is 9.56. The van der Waals surface area contributed by atoms with Gasteiger partial charge in [-0.15, -0.1) is 0 Å². The Morgan fingerprint density at radius 3 is 2.22 bits per heavy atom. The second-order valence-corrected chi connectivity index (χ2v) is 17.5. The molecule has 0 bridgehead atoms. The molecule has 4 saturated carbocycles. The highest BCUT2D eigenvalue weighted by molar-refractivity contribution is 5.22. The summed E-state index contributed by atoms with van der Waals surface area (Å²) in [5, 5.41) is 77.2. The average molecular weight is 639 g/mol. The van der Waals surface area contributed by atoms with Gasteiger partial charge in [-0.25, -0.2) is 0 Å². The number of allylic oxidation sites excluding steroid dienone is 2. The largest absolute Gasteiger partial charge is 0.394 e. The minimum atomic E-state index is -1.54. The Morgan fingerprint density at radius 1 is 0.933 bits per heavy atom. The predicted molar refractivity (Wildman–Crippen MR) is 170 cm³/mol. The highest BCUT2D eigenvalue weighted by Crippen LogP contribution is 2.76. The predicted octanol–water partition coefficient (Wildman–Crippen LogP) is 3.30. The molecule has 260 valence electrons. The molecule has 0 radical (unpaired) electrons. The van der Waals surface area contributed by atoms with Crippen LogP contribution in [0.25, 0.3) is 0 Å². The lowest BCUT2D eigenvalue weighted by molar-refractivity contribution is -0.346. The van der Waals surface area contributed by atoms with Crippen molar-refractivity contribution in [2.24, 2.45) is 45.3 Å². The maximum atomic E-state index is 12.1. The zero-order valence-corrected chi connectivity index (χ0v) is 28.8. The molecule has 5 aliphatic rings. The van der Waals surface area contributed by atoms with E-state index in [1.54, 1.807) is 0 Å². The normalized spacial score (nSPS) is 52.2. The van der Waals surface area contributed by atoms with Crippen LogP contribution in [0.1, 0.15) is 107 Å². The molecular formula is C36H62O9. The Bertz CT molecular complexity index is 1100. The molecule has 16 unspecified atom stereocenters. The molecule has 9 nitrogen and oxygen atoms in total. The van der Waals surface area contributed by atoms with Crippen molar-refractivity contribution in [2.75, 3.05) is 6.61 Å². The molecule has 0 aromatic heterocycles. The van der Waals surface area contributed by atoms with E-state index in [9.17, 15) is 35.7 Å². The van der Waals surface area contributed by atoms with Crippen LogP contribution in [0, 0.1) is 45.3 Å². The first-order valence-electron chi connectivity index (χ1n) is 17.4. The number of hydrogen-bond acceptors (Lipinski definition) is 9. The maximum Gasteiger partial charge on any atom is 0.186 e. The molecule has 0 aromatic rings. The maximum absolute atomic E-state index is 12.1. The fraction of sp³-hybridized carbons (Fsp3) is 0.944. The summed E-state index contributed by atoms with van der Waals surface area (Å²) >= 11 is 0. The molecule has 45 heavy (non-hydrogen) atoms. The third-order valence-electron chi connectivity index (χ3n) is 14.4. The van der Waals surface area contributed by atoms with Crippen LogP contribution in [-0.2, 0) is 9.47 Å². The van der Waals surface area contributed by atoms with Crippen molar-refractivity contribution in [3.63, 3.8) is 0 Å². The minimum Gasteiger partial charge on any atom is -0.394 e. The molecular weight excluding hydrogens is 576 g/mol. The van der Waals surface area contributed by atoms with Crippen molar-refractivity contribution in [3.05, 3.63) is 11.6 Å². The van der Waals surface area contributed by atoms with Crippen LogP contribution >= 0.6 is 0 Å². The number of rotatable bonds is 7. The van der Waals surface area contributed by atoms with Crippen LogP contribution in [-0.4, -0.2) is 97.0 Å². The number of ether oxygens (including phenoxy) is 2. The van der Waals surface area contributed by atoms with Crippen LogP contribution in [0.5, 0.6) is 0 Å². The summed E-state index contributed by atoms with van der Waals surface area (Å²) in [5.41, 5.74) is -1.21. The van der Waals surface area contributed by atoms with Gasteiger partial charge in [-0.3, -0.25) is 0 Å². The number of aliphatic hydroxyl groups is 7. The van der Waals surface area contributed by atoms with Crippen molar-refractivity contribution < 1.29 is 45.2 Å². The summed E-state index contributed by atoms with van der Waals surface area (Å²) in [7, 11) is 0. The summed E-state index contributed by atoms with van der Waals surface area (Å²) in [6.07, 6.45) is -0.603. The first-order valence-corrected chi connectivity index (χ1v) is 17.4. The van der Waals surface area contributed by atoms with Gasteiger partial charge in [-0.1, -0.05) is 46.3 Å². The molecule has 0 aromatic carbocycles. The lowest BCUT2D eigenvalue weighted by Crippen LogP contribution is -2.71. The molecule has 9 heteroatoms. The van der Waals surface area contributed by atoms with Crippen molar-refractivity contribution in [2.45, 2.75) is 161 Å². The SMILES string of the molecule is CC(C)=CCCC(C)(O)C1CCC2(C)C1C(O)CC1C3(C)CCC(O)C(C)(C)C3C(OC3OC(CO)C(O)C(O)C3O)CC12C. The third kappa shape index (κ3) is 5.48. The lowest BCUT2D eigenvalue weighted by Gasteiger charge is -2.72. The molecule has 5 rings (SSSR count). The van der Waals surface area contributed by atoms with Gasteiger partial charge in [0.25, 0.3) is 0 Å². The summed E-state index contributed by atoms with van der Waals surface area (Å²) in [5.74, 6) is -0.186. The minimum absolute atomic E-state index is 0.0548. The van der Waals surface area contributed by atoms with Gasteiger partial charge in [0.05, 0.1) is 30.5 Å².